The summed E-state index contributed by atoms with van der Waals surface area (Å²) in [6, 6.07) is 0. The van der Waals surface area contributed by atoms with E-state index in [0.717, 1.165) is 6.42 Å². The molecule has 2 saturated heterocycles. The van der Waals surface area contributed by atoms with Gasteiger partial charge in [-0.2, -0.15) is 5.10 Å². The van der Waals surface area contributed by atoms with Crippen LogP contribution in [0.5, 0.6) is 0 Å². The first-order valence-corrected chi connectivity index (χ1v) is 14.9. The SMILES string of the molecule is CCC1OC(=O)C(C)CC(C)CC(C)(OC)CC(C)C(=O)C(C)C2C(SCCn3cncn3)C(=O)OC12C. The van der Waals surface area contributed by atoms with E-state index in [1.165, 1.54) is 18.1 Å². The standard InChI is InChI=1S/C28H45N3O6S/c1-9-21-28(7)22(24(26(34)37-28)38-11-10-31-16-29-15-30-31)20(5)23(32)19(4)14-27(6,35-8)13-17(2)12-18(3)25(33)36-21/h15-22,24H,9-14H2,1-8H3. The van der Waals surface area contributed by atoms with Gasteiger partial charge in [0, 0.05) is 30.6 Å². The van der Waals surface area contributed by atoms with Crippen LogP contribution in [-0.2, 0) is 35.1 Å². The number of fused-ring (bicyclic) bond motifs is 1. The number of ketones is 1. The summed E-state index contributed by atoms with van der Waals surface area (Å²) in [5.41, 5.74) is -1.63. The number of esters is 2. The molecule has 0 spiro atoms. The van der Waals surface area contributed by atoms with Crippen LogP contribution >= 0.6 is 11.8 Å². The third-order valence-corrected chi connectivity index (χ3v) is 9.80. The number of carbonyl (C=O) groups is 3. The van der Waals surface area contributed by atoms with Gasteiger partial charge in [0.25, 0.3) is 0 Å². The van der Waals surface area contributed by atoms with Crippen molar-refractivity contribution in [3.8, 4) is 0 Å². The van der Waals surface area contributed by atoms with Crippen molar-refractivity contribution >= 4 is 29.5 Å². The molecule has 1 aromatic rings. The quantitative estimate of drug-likeness (QED) is 0.477. The smallest absolute Gasteiger partial charge is 0.320 e. The van der Waals surface area contributed by atoms with Crippen LogP contribution in [0.25, 0.3) is 0 Å². The molecule has 0 saturated carbocycles. The lowest BCUT2D eigenvalue weighted by atomic mass is 9.70. The molecular weight excluding hydrogens is 506 g/mol. The zero-order valence-corrected chi connectivity index (χ0v) is 25.0. The van der Waals surface area contributed by atoms with Gasteiger partial charge in [-0.1, -0.05) is 34.6 Å². The van der Waals surface area contributed by atoms with E-state index in [1.807, 2.05) is 41.5 Å². The molecule has 0 aromatic carbocycles. The lowest BCUT2D eigenvalue weighted by molar-refractivity contribution is -0.183. The Labute approximate surface area is 231 Å². The van der Waals surface area contributed by atoms with Crippen molar-refractivity contribution in [2.45, 2.75) is 103 Å². The van der Waals surface area contributed by atoms with Crippen LogP contribution in [0.15, 0.2) is 12.7 Å². The molecule has 38 heavy (non-hydrogen) atoms. The minimum atomic E-state index is -1.12. The predicted octanol–water partition coefficient (Wildman–Crippen LogP) is 4.34. The number of Topliss-reactive ketones (excluding diaryl/α,β-unsaturated/α-hetero) is 1. The lowest BCUT2D eigenvalue weighted by Gasteiger charge is -2.41. The fraction of sp³-hybridized carbons (Fsp3) is 0.821. The van der Waals surface area contributed by atoms with Crippen molar-refractivity contribution in [1.82, 2.24) is 14.8 Å². The Hall–Kier alpha value is -1.94. The van der Waals surface area contributed by atoms with E-state index >= 15 is 0 Å². The van der Waals surface area contributed by atoms with Crippen LogP contribution in [0, 0.1) is 29.6 Å². The highest BCUT2D eigenvalue weighted by molar-refractivity contribution is 8.00. The molecule has 2 aliphatic rings. The summed E-state index contributed by atoms with van der Waals surface area (Å²) in [5.74, 6) is -1.34. The molecule has 9 nitrogen and oxygen atoms in total. The Morgan fingerprint density at radius 3 is 2.42 bits per heavy atom. The summed E-state index contributed by atoms with van der Waals surface area (Å²) in [4.78, 5) is 44.5. The molecular formula is C28H45N3O6S. The van der Waals surface area contributed by atoms with Crippen molar-refractivity contribution in [3.63, 3.8) is 0 Å². The maximum atomic E-state index is 13.9. The van der Waals surface area contributed by atoms with E-state index < -0.39 is 34.4 Å². The first-order valence-electron chi connectivity index (χ1n) is 13.8. The predicted molar refractivity (Wildman–Crippen MR) is 145 cm³/mol. The maximum Gasteiger partial charge on any atom is 0.320 e. The fourth-order valence-electron chi connectivity index (χ4n) is 6.63. The van der Waals surface area contributed by atoms with Gasteiger partial charge in [0.05, 0.1) is 18.1 Å². The second-order valence-corrected chi connectivity index (χ2v) is 13.1. The number of ether oxygens (including phenoxy) is 3. The van der Waals surface area contributed by atoms with Crippen molar-refractivity contribution in [3.05, 3.63) is 12.7 Å². The van der Waals surface area contributed by atoms with Crippen LogP contribution in [0.2, 0.25) is 0 Å². The van der Waals surface area contributed by atoms with Crippen molar-refractivity contribution < 1.29 is 28.6 Å². The molecule has 9 unspecified atom stereocenters. The molecule has 1 aromatic heterocycles. The first-order chi connectivity index (χ1) is 17.8. The van der Waals surface area contributed by atoms with E-state index in [-0.39, 0.29) is 35.5 Å². The van der Waals surface area contributed by atoms with Crippen LogP contribution < -0.4 is 0 Å². The first kappa shape index (κ1) is 30.6. The Bertz CT molecular complexity index is 974. The topological polar surface area (TPSA) is 110 Å². The second-order valence-electron chi connectivity index (χ2n) is 11.8. The Morgan fingerprint density at radius 1 is 1.11 bits per heavy atom. The van der Waals surface area contributed by atoms with E-state index in [1.54, 1.807) is 18.1 Å². The van der Waals surface area contributed by atoms with Gasteiger partial charge in [-0.3, -0.25) is 19.1 Å². The van der Waals surface area contributed by atoms with E-state index in [2.05, 4.69) is 17.0 Å². The lowest BCUT2D eigenvalue weighted by Crippen LogP contribution is -2.52. The number of thioether (sulfide) groups is 1. The molecule has 3 rings (SSSR count). The number of cyclic esters (lactones) is 1. The number of hydrogen-bond acceptors (Lipinski definition) is 9. The zero-order valence-electron chi connectivity index (χ0n) is 24.1. The molecule has 3 heterocycles. The number of rotatable bonds is 6. The van der Waals surface area contributed by atoms with Gasteiger partial charge >= 0.3 is 11.9 Å². The molecule has 0 bridgehead atoms. The summed E-state index contributed by atoms with van der Waals surface area (Å²) < 4.78 is 19.8. The average molecular weight is 552 g/mol. The summed E-state index contributed by atoms with van der Waals surface area (Å²) in [7, 11) is 1.68. The minimum Gasteiger partial charge on any atom is -0.458 e. The minimum absolute atomic E-state index is 0.0731. The molecule has 0 amide bonds. The summed E-state index contributed by atoms with van der Waals surface area (Å²) in [5, 5.41) is 3.57. The van der Waals surface area contributed by atoms with E-state index in [0.29, 0.717) is 31.6 Å². The van der Waals surface area contributed by atoms with Crippen molar-refractivity contribution in [1.29, 1.82) is 0 Å². The number of aryl methyl sites for hydroxylation is 1. The van der Waals surface area contributed by atoms with Crippen LogP contribution in [0.3, 0.4) is 0 Å². The summed E-state index contributed by atoms with van der Waals surface area (Å²) >= 11 is 1.46. The summed E-state index contributed by atoms with van der Waals surface area (Å²) in [6.07, 6.45) is 4.87. The maximum absolute atomic E-state index is 13.9. The number of methoxy groups -OCH3 is 1. The van der Waals surface area contributed by atoms with Gasteiger partial charge < -0.3 is 14.2 Å². The van der Waals surface area contributed by atoms with Crippen LogP contribution in [0.1, 0.15) is 74.1 Å². The number of nitrogens with zero attached hydrogens (tertiary/aromatic N) is 3. The zero-order chi connectivity index (χ0) is 28.3. The molecule has 2 fully saturated rings. The number of aromatic nitrogens is 3. The normalized spacial score (nSPS) is 39.3. The third-order valence-electron chi connectivity index (χ3n) is 8.54. The van der Waals surface area contributed by atoms with E-state index in [4.69, 9.17) is 14.2 Å². The molecule has 0 aliphatic carbocycles. The molecule has 9 atom stereocenters. The third kappa shape index (κ3) is 6.61. The van der Waals surface area contributed by atoms with Crippen LogP contribution in [0.4, 0.5) is 0 Å². The molecule has 214 valence electrons. The van der Waals surface area contributed by atoms with Gasteiger partial charge in [-0.15, -0.1) is 11.8 Å². The van der Waals surface area contributed by atoms with Gasteiger partial charge in [0.2, 0.25) is 0 Å². The Kier molecular flexibility index (Phi) is 10.1. The Morgan fingerprint density at radius 2 is 1.82 bits per heavy atom. The highest BCUT2D eigenvalue weighted by Gasteiger charge is 2.61. The fourth-order valence-corrected chi connectivity index (χ4v) is 8.07. The van der Waals surface area contributed by atoms with Crippen molar-refractivity contribution in [2.24, 2.45) is 29.6 Å². The number of carbonyl (C=O) groups excluding carboxylic acids is 3. The van der Waals surface area contributed by atoms with Gasteiger partial charge in [-0.25, -0.2) is 4.98 Å². The van der Waals surface area contributed by atoms with Crippen molar-refractivity contribution in [2.75, 3.05) is 12.9 Å². The Balaban J connectivity index is 1.98. The largest absolute Gasteiger partial charge is 0.458 e. The number of hydrogen-bond donors (Lipinski definition) is 0. The molecule has 0 N–H and O–H groups in total. The molecule has 10 heteroatoms. The molecule has 2 aliphatic heterocycles. The van der Waals surface area contributed by atoms with Gasteiger partial charge in [-0.05, 0) is 45.4 Å². The summed E-state index contributed by atoms with van der Waals surface area (Å²) in [6.45, 7) is 14.2. The highest BCUT2D eigenvalue weighted by atomic mass is 32.2. The molecule has 0 radical (unpaired) electrons. The monoisotopic (exact) mass is 551 g/mol. The highest BCUT2D eigenvalue weighted by Crippen LogP contribution is 2.48. The van der Waals surface area contributed by atoms with Crippen LogP contribution in [-0.4, -0.2) is 67.9 Å². The van der Waals surface area contributed by atoms with Gasteiger partial charge in [0.1, 0.15) is 29.8 Å². The van der Waals surface area contributed by atoms with Gasteiger partial charge in [0.15, 0.2) is 5.60 Å². The van der Waals surface area contributed by atoms with E-state index in [9.17, 15) is 14.4 Å². The second kappa shape index (κ2) is 12.5. The average Bonchev–Trinajstić information content (AvgIpc) is 3.46.